The Bertz CT molecular complexity index is 1420. The van der Waals surface area contributed by atoms with E-state index in [1.807, 2.05) is 65.0 Å². The van der Waals surface area contributed by atoms with Crippen LogP contribution in [0.3, 0.4) is 0 Å². The van der Waals surface area contributed by atoms with Crippen molar-refractivity contribution in [3.8, 4) is 10.4 Å². The quantitative estimate of drug-likeness (QED) is 0.115. The molecule has 3 aromatic rings. The minimum atomic E-state index is -1.38. The van der Waals surface area contributed by atoms with Gasteiger partial charge in [0, 0.05) is 23.1 Å². The fraction of sp³-hybridized carbons (Fsp3) is 0.500. The molecule has 0 aliphatic heterocycles. The maximum atomic E-state index is 13.3. The third-order valence-corrected chi connectivity index (χ3v) is 10.0. The highest BCUT2D eigenvalue weighted by Crippen LogP contribution is 2.39. The second-order valence-corrected chi connectivity index (χ2v) is 14.5. The van der Waals surface area contributed by atoms with Gasteiger partial charge in [0.05, 0.1) is 15.5 Å². The molecule has 1 saturated carbocycles. The Hall–Kier alpha value is -2.82. The minimum Gasteiger partial charge on any atom is -0.385 e. The van der Waals surface area contributed by atoms with Crippen molar-refractivity contribution in [1.29, 1.82) is 0 Å². The van der Waals surface area contributed by atoms with E-state index >= 15 is 0 Å². The molecular formula is C30H42N6O2S2. The summed E-state index contributed by atoms with van der Waals surface area (Å²) in [7, 11) is -1.38. The number of amidine groups is 1. The van der Waals surface area contributed by atoms with Crippen LogP contribution in [0.25, 0.3) is 21.2 Å². The molecule has 0 bridgehead atoms. The van der Waals surface area contributed by atoms with Gasteiger partial charge >= 0.3 is 0 Å². The molecule has 4 rings (SSSR count). The van der Waals surface area contributed by atoms with Crippen molar-refractivity contribution in [3.05, 3.63) is 47.1 Å². The molecule has 8 nitrogen and oxygen atoms in total. The number of thiazole rings is 1. The first-order valence-corrected chi connectivity index (χ1v) is 15.9. The number of amides is 1. The first-order valence-electron chi connectivity index (χ1n) is 13.9. The third kappa shape index (κ3) is 7.08. The Morgan fingerprint density at radius 1 is 1.07 bits per heavy atom. The molecule has 1 unspecified atom stereocenters. The van der Waals surface area contributed by atoms with Gasteiger partial charge < -0.3 is 16.9 Å². The SMILES string of the molecule is CC(C)(C)NS(=O)c1ccc(-c2sc(C(=O)NCC(C)(C)/C(N)=N/N)nc2CC2CCCCC2)c2ccccc12. The summed E-state index contributed by atoms with van der Waals surface area (Å²) in [5, 5.41) is 8.93. The maximum Gasteiger partial charge on any atom is 0.280 e. The Morgan fingerprint density at radius 2 is 1.75 bits per heavy atom. The van der Waals surface area contributed by atoms with Crippen LogP contribution in [0.4, 0.5) is 0 Å². The zero-order chi connectivity index (χ0) is 29.1. The molecule has 0 spiro atoms. The van der Waals surface area contributed by atoms with E-state index in [4.69, 9.17) is 16.6 Å². The van der Waals surface area contributed by atoms with Crippen molar-refractivity contribution in [2.45, 2.75) is 83.6 Å². The molecule has 40 heavy (non-hydrogen) atoms. The van der Waals surface area contributed by atoms with Crippen LogP contribution in [-0.2, 0) is 17.4 Å². The fourth-order valence-corrected chi connectivity index (χ4v) is 7.35. The number of carbonyl (C=O) groups excluding carboxylic acids is 1. The van der Waals surface area contributed by atoms with E-state index in [0.717, 1.165) is 38.2 Å². The molecule has 0 saturated heterocycles. The van der Waals surface area contributed by atoms with E-state index in [2.05, 4.69) is 21.2 Å². The van der Waals surface area contributed by atoms with Gasteiger partial charge in [0.1, 0.15) is 16.8 Å². The number of nitrogens with two attached hydrogens (primary N) is 2. The number of rotatable bonds is 9. The molecule has 1 aromatic heterocycles. The van der Waals surface area contributed by atoms with Crippen molar-refractivity contribution in [3.63, 3.8) is 0 Å². The number of aromatic nitrogens is 1. The standard InChI is InChI=1S/C30H42N6O2S2/c1-29(2,3)36-40(38)24-16-15-22(20-13-9-10-14-21(20)24)25-23(17-19-11-7-6-8-12-19)34-27(39-25)26(37)33-18-30(4,5)28(31)35-32/h9-10,13-16,19,36H,6-8,11-12,17-18,32H2,1-5H3,(H2,31,35)(H,33,37). The molecule has 1 fully saturated rings. The van der Waals surface area contributed by atoms with E-state index in [9.17, 15) is 9.00 Å². The van der Waals surface area contributed by atoms with Gasteiger partial charge in [0.2, 0.25) is 0 Å². The molecule has 1 atom stereocenters. The molecule has 2 aromatic carbocycles. The topological polar surface area (TPSA) is 135 Å². The predicted molar refractivity (Wildman–Crippen MR) is 167 cm³/mol. The summed E-state index contributed by atoms with van der Waals surface area (Å²) >= 11 is 1.41. The molecule has 0 radical (unpaired) electrons. The van der Waals surface area contributed by atoms with Gasteiger partial charge in [0.25, 0.3) is 5.91 Å². The van der Waals surface area contributed by atoms with Crippen LogP contribution in [0.5, 0.6) is 0 Å². The monoisotopic (exact) mass is 582 g/mol. The molecule has 1 amide bonds. The predicted octanol–water partition coefficient (Wildman–Crippen LogP) is 5.48. The Morgan fingerprint density at radius 3 is 2.40 bits per heavy atom. The summed E-state index contributed by atoms with van der Waals surface area (Å²) in [5.74, 6) is 5.96. The number of hydrogen-bond acceptors (Lipinski definition) is 6. The maximum absolute atomic E-state index is 13.3. The first kappa shape index (κ1) is 30.1. The van der Waals surface area contributed by atoms with Crippen molar-refractivity contribution in [2.75, 3.05) is 6.54 Å². The van der Waals surface area contributed by atoms with E-state index < -0.39 is 16.4 Å². The summed E-state index contributed by atoms with van der Waals surface area (Å²) in [6.07, 6.45) is 6.96. The molecule has 1 heterocycles. The molecule has 6 N–H and O–H groups in total. The minimum absolute atomic E-state index is 0.240. The summed E-state index contributed by atoms with van der Waals surface area (Å²) < 4.78 is 16.5. The Kier molecular flexibility index (Phi) is 9.32. The summed E-state index contributed by atoms with van der Waals surface area (Å²) in [5.41, 5.74) is 7.02. The van der Waals surface area contributed by atoms with Gasteiger partial charge in [-0.2, -0.15) is 5.10 Å². The van der Waals surface area contributed by atoms with Crippen LogP contribution in [0, 0.1) is 11.3 Å². The average Bonchev–Trinajstić information content (AvgIpc) is 3.33. The van der Waals surface area contributed by atoms with Crippen LogP contribution in [0.15, 0.2) is 46.4 Å². The van der Waals surface area contributed by atoms with Gasteiger partial charge in [-0.1, -0.05) is 76.3 Å². The molecule has 216 valence electrons. The lowest BCUT2D eigenvalue weighted by molar-refractivity contribution is 0.0944. The van der Waals surface area contributed by atoms with E-state index in [0.29, 0.717) is 10.9 Å². The molecular weight excluding hydrogens is 541 g/mol. The number of hydrazone groups is 1. The van der Waals surface area contributed by atoms with Crippen molar-refractivity contribution >= 4 is 44.8 Å². The van der Waals surface area contributed by atoms with Crippen LogP contribution in [0.2, 0.25) is 0 Å². The first-order chi connectivity index (χ1) is 18.9. The second-order valence-electron chi connectivity index (χ2n) is 12.4. The van der Waals surface area contributed by atoms with E-state index in [-0.39, 0.29) is 23.8 Å². The lowest BCUT2D eigenvalue weighted by Crippen LogP contribution is -2.43. The normalized spacial score (nSPS) is 16.3. The number of fused-ring (bicyclic) bond motifs is 1. The zero-order valence-electron chi connectivity index (χ0n) is 24.2. The molecule has 10 heteroatoms. The average molecular weight is 583 g/mol. The Labute approximate surface area is 244 Å². The highest BCUT2D eigenvalue weighted by Gasteiger charge is 2.27. The van der Waals surface area contributed by atoms with Crippen LogP contribution >= 0.6 is 11.3 Å². The summed E-state index contributed by atoms with van der Waals surface area (Å²) in [6.45, 7) is 10.1. The van der Waals surface area contributed by atoms with Crippen molar-refractivity contribution in [2.24, 2.45) is 28.0 Å². The number of hydrogen-bond donors (Lipinski definition) is 4. The number of nitrogens with zero attached hydrogens (tertiary/aromatic N) is 2. The van der Waals surface area contributed by atoms with Gasteiger partial charge in [-0.15, -0.1) is 11.3 Å². The number of benzene rings is 2. The van der Waals surface area contributed by atoms with Crippen LogP contribution in [-0.4, -0.2) is 33.0 Å². The molecule has 1 aliphatic rings. The Balaban J connectivity index is 1.74. The highest BCUT2D eigenvalue weighted by molar-refractivity contribution is 7.83. The highest BCUT2D eigenvalue weighted by atomic mass is 32.2. The van der Waals surface area contributed by atoms with Gasteiger partial charge in [-0.05, 0) is 49.9 Å². The van der Waals surface area contributed by atoms with Crippen LogP contribution in [0.1, 0.15) is 82.2 Å². The van der Waals surface area contributed by atoms with Crippen LogP contribution < -0.4 is 21.6 Å². The lowest BCUT2D eigenvalue weighted by Gasteiger charge is -2.23. The molecule has 1 aliphatic carbocycles. The number of carbonyl (C=O) groups is 1. The second kappa shape index (κ2) is 12.4. The zero-order valence-corrected chi connectivity index (χ0v) is 25.8. The third-order valence-electron chi connectivity index (χ3n) is 7.35. The van der Waals surface area contributed by atoms with Gasteiger partial charge in [-0.25, -0.2) is 13.9 Å². The van der Waals surface area contributed by atoms with Crippen molar-refractivity contribution in [1.82, 2.24) is 15.0 Å². The van der Waals surface area contributed by atoms with Crippen molar-refractivity contribution < 1.29 is 9.00 Å². The smallest absolute Gasteiger partial charge is 0.280 e. The number of nitrogens with one attached hydrogen (secondary N) is 2. The van der Waals surface area contributed by atoms with Gasteiger partial charge in [-0.3, -0.25) is 4.79 Å². The van der Waals surface area contributed by atoms with E-state index in [1.165, 1.54) is 43.4 Å². The summed E-state index contributed by atoms with van der Waals surface area (Å²) in [4.78, 5) is 20.0. The van der Waals surface area contributed by atoms with E-state index in [1.54, 1.807) is 0 Å². The largest absolute Gasteiger partial charge is 0.385 e. The van der Waals surface area contributed by atoms with Gasteiger partial charge in [0.15, 0.2) is 5.01 Å². The summed E-state index contributed by atoms with van der Waals surface area (Å²) in [6, 6.07) is 12.0. The fourth-order valence-electron chi connectivity index (χ4n) is 5.07. The lowest BCUT2D eigenvalue weighted by atomic mass is 9.85.